The minimum absolute atomic E-state index is 0.0177. The van der Waals surface area contributed by atoms with Crippen LogP contribution in [0, 0.1) is 0 Å². The predicted molar refractivity (Wildman–Crippen MR) is 63.8 cm³/mol. The molecule has 0 fully saturated rings. The van der Waals surface area contributed by atoms with E-state index in [0.717, 1.165) is 12.0 Å². The maximum absolute atomic E-state index is 11.7. The first kappa shape index (κ1) is 11.5. The smallest absolute Gasteiger partial charge is 0.201 e. The van der Waals surface area contributed by atoms with E-state index >= 15 is 0 Å². The number of carbonyl (C=O) groups is 1. The zero-order valence-corrected chi connectivity index (χ0v) is 10.0. The van der Waals surface area contributed by atoms with Crippen molar-refractivity contribution in [3.8, 4) is 0 Å². The van der Waals surface area contributed by atoms with Gasteiger partial charge in [-0.2, -0.15) is 0 Å². The summed E-state index contributed by atoms with van der Waals surface area (Å²) in [4.78, 5) is 11.7. The van der Waals surface area contributed by atoms with Crippen molar-refractivity contribution in [3.63, 3.8) is 0 Å². The lowest BCUT2D eigenvalue weighted by Crippen LogP contribution is -2.06. The maximum atomic E-state index is 11.7. The van der Waals surface area contributed by atoms with Gasteiger partial charge in [-0.3, -0.25) is 4.79 Å². The highest BCUT2D eigenvalue weighted by atomic mass is 35.5. The third-order valence-electron chi connectivity index (χ3n) is 2.33. The molecule has 0 saturated heterocycles. The summed E-state index contributed by atoms with van der Waals surface area (Å²) in [5.41, 5.74) is 0.843. The Kier molecular flexibility index (Phi) is 3.52. The van der Waals surface area contributed by atoms with Crippen molar-refractivity contribution in [1.82, 2.24) is 0 Å². The molecule has 0 bridgehead atoms. The third-order valence-corrected chi connectivity index (χ3v) is 3.07. The molecule has 4 heteroatoms. The van der Waals surface area contributed by atoms with Gasteiger partial charge in [0.2, 0.25) is 5.78 Å². The molecule has 0 spiro atoms. The molecular formula is C12H10Cl2O2. The van der Waals surface area contributed by atoms with Gasteiger partial charge in [-0.25, -0.2) is 0 Å². The molecule has 0 N–H and O–H groups in total. The van der Waals surface area contributed by atoms with Gasteiger partial charge < -0.3 is 4.74 Å². The molecule has 0 unspecified atom stereocenters. The van der Waals surface area contributed by atoms with Gasteiger partial charge in [-0.05, 0) is 23.8 Å². The van der Waals surface area contributed by atoms with E-state index in [4.69, 9.17) is 27.9 Å². The molecule has 0 radical (unpaired) electrons. The predicted octanol–water partition coefficient (Wildman–Crippen LogP) is 3.41. The summed E-state index contributed by atoms with van der Waals surface area (Å²) in [5, 5.41) is 0.961. The zero-order chi connectivity index (χ0) is 11.5. The lowest BCUT2D eigenvalue weighted by molar-refractivity contribution is -0.117. The monoisotopic (exact) mass is 256 g/mol. The molecule has 1 aromatic carbocycles. The molecule has 2 nitrogen and oxygen atoms in total. The SMILES string of the molecule is O=C(Cc1ccc(Cl)c(Cl)c1)C1=CCCO1. The second-order valence-corrected chi connectivity index (χ2v) is 4.37. The van der Waals surface area contributed by atoms with Crippen molar-refractivity contribution in [3.05, 3.63) is 45.6 Å². The summed E-state index contributed by atoms with van der Waals surface area (Å²) in [6.45, 7) is 0.600. The second kappa shape index (κ2) is 4.89. The van der Waals surface area contributed by atoms with Crippen molar-refractivity contribution in [2.45, 2.75) is 12.8 Å². The molecule has 1 aliphatic rings. The average Bonchev–Trinajstić information content (AvgIpc) is 2.77. The van der Waals surface area contributed by atoms with Crippen molar-refractivity contribution < 1.29 is 9.53 Å². The normalized spacial score (nSPS) is 14.5. The van der Waals surface area contributed by atoms with Crippen LogP contribution in [0.1, 0.15) is 12.0 Å². The number of ketones is 1. The van der Waals surface area contributed by atoms with Crippen LogP contribution in [-0.4, -0.2) is 12.4 Å². The van der Waals surface area contributed by atoms with Crippen LogP contribution in [0.4, 0.5) is 0 Å². The Bertz CT molecular complexity index is 452. The molecule has 2 rings (SSSR count). The molecular weight excluding hydrogens is 247 g/mol. The van der Waals surface area contributed by atoms with Crippen LogP contribution < -0.4 is 0 Å². The Balaban J connectivity index is 2.08. The Morgan fingerprint density at radius 3 is 2.75 bits per heavy atom. The Labute approximate surface area is 104 Å². The second-order valence-electron chi connectivity index (χ2n) is 3.55. The Morgan fingerprint density at radius 2 is 2.12 bits per heavy atom. The van der Waals surface area contributed by atoms with E-state index in [0.29, 0.717) is 28.8 Å². The minimum atomic E-state index is -0.0177. The van der Waals surface area contributed by atoms with Crippen LogP contribution in [0.3, 0.4) is 0 Å². The number of rotatable bonds is 3. The molecule has 0 amide bonds. The molecule has 16 heavy (non-hydrogen) atoms. The van der Waals surface area contributed by atoms with Gasteiger partial charge in [0.15, 0.2) is 5.76 Å². The van der Waals surface area contributed by atoms with Gasteiger partial charge in [-0.15, -0.1) is 0 Å². The molecule has 0 aromatic heterocycles. The topological polar surface area (TPSA) is 26.3 Å². The molecule has 1 aliphatic heterocycles. The van der Waals surface area contributed by atoms with Crippen LogP contribution in [0.2, 0.25) is 10.0 Å². The number of benzene rings is 1. The Hall–Kier alpha value is -0.990. The van der Waals surface area contributed by atoms with Gasteiger partial charge in [0.1, 0.15) is 0 Å². The number of allylic oxidation sites excluding steroid dienone is 1. The lowest BCUT2D eigenvalue weighted by atomic mass is 10.1. The van der Waals surface area contributed by atoms with E-state index < -0.39 is 0 Å². The number of halogens is 2. The highest BCUT2D eigenvalue weighted by molar-refractivity contribution is 6.42. The van der Waals surface area contributed by atoms with E-state index in [2.05, 4.69) is 0 Å². The molecule has 0 aliphatic carbocycles. The molecule has 0 atom stereocenters. The van der Waals surface area contributed by atoms with E-state index in [1.807, 2.05) is 6.08 Å². The van der Waals surface area contributed by atoms with Crippen LogP contribution in [0.15, 0.2) is 30.0 Å². The summed E-state index contributed by atoms with van der Waals surface area (Å²) < 4.78 is 5.19. The number of ether oxygens (including phenoxy) is 1. The molecule has 0 saturated carbocycles. The van der Waals surface area contributed by atoms with E-state index in [1.165, 1.54) is 0 Å². The van der Waals surface area contributed by atoms with Crippen LogP contribution in [0.5, 0.6) is 0 Å². The maximum Gasteiger partial charge on any atom is 0.201 e. The number of hydrogen-bond donors (Lipinski definition) is 0. The average molecular weight is 257 g/mol. The first-order chi connectivity index (χ1) is 7.66. The first-order valence-corrected chi connectivity index (χ1v) is 5.72. The summed E-state index contributed by atoms with van der Waals surface area (Å²) >= 11 is 11.7. The van der Waals surface area contributed by atoms with Crippen LogP contribution in [-0.2, 0) is 16.0 Å². The minimum Gasteiger partial charge on any atom is -0.490 e. The van der Waals surface area contributed by atoms with Crippen molar-refractivity contribution >= 4 is 29.0 Å². The number of Topliss-reactive ketones (excluding diaryl/α,β-unsaturated/α-hetero) is 1. The van der Waals surface area contributed by atoms with Crippen molar-refractivity contribution in [1.29, 1.82) is 0 Å². The summed E-state index contributed by atoms with van der Waals surface area (Å²) in [7, 11) is 0. The van der Waals surface area contributed by atoms with Gasteiger partial charge in [-0.1, -0.05) is 29.3 Å². The highest BCUT2D eigenvalue weighted by Gasteiger charge is 2.15. The van der Waals surface area contributed by atoms with E-state index in [9.17, 15) is 4.79 Å². The standard InChI is InChI=1S/C12H10Cl2O2/c13-9-4-3-8(6-10(9)14)7-11(15)12-2-1-5-16-12/h2-4,6H,1,5,7H2. The fourth-order valence-corrected chi connectivity index (χ4v) is 1.85. The van der Waals surface area contributed by atoms with E-state index in [1.54, 1.807) is 18.2 Å². The summed E-state index contributed by atoms with van der Waals surface area (Å²) in [6, 6.07) is 5.19. The summed E-state index contributed by atoms with van der Waals surface area (Å²) in [6.07, 6.45) is 2.92. The number of hydrogen-bond acceptors (Lipinski definition) is 2. The first-order valence-electron chi connectivity index (χ1n) is 4.97. The van der Waals surface area contributed by atoms with Gasteiger partial charge in [0.25, 0.3) is 0 Å². The molecule has 84 valence electrons. The number of carbonyl (C=O) groups excluding carboxylic acids is 1. The highest BCUT2D eigenvalue weighted by Crippen LogP contribution is 2.23. The van der Waals surface area contributed by atoms with Crippen LogP contribution in [0.25, 0.3) is 0 Å². The molecule has 1 heterocycles. The zero-order valence-electron chi connectivity index (χ0n) is 8.50. The van der Waals surface area contributed by atoms with Gasteiger partial charge in [0.05, 0.1) is 16.7 Å². The fourth-order valence-electron chi connectivity index (χ4n) is 1.53. The van der Waals surface area contributed by atoms with Gasteiger partial charge >= 0.3 is 0 Å². The quantitative estimate of drug-likeness (QED) is 0.829. The van der Waals surface area contributed by atoms with Gasteiger partial charge in [0, 0.05) is 12.8 Å². The molecule has 1 aromatic rings. The van der Waals surface area contributed by atoms with Crippen molar-refractivity contribution in [2.24, 2.45) is 0 Å². The largest absolute Gasteiger partial charge is 0.490 e. The van der Waals surface area contributed by atoms with Crippen LogP contribution >= 0.6 is 23.2 Å². The third kappa shape index (κ3) is 2.57. The lowest BCUT2D eigenvalue weighted by Gasteiger charge is -2.04. The summed E-state index contributed by atoms with van der Waals surface area (Å²) in [5.74, 6) is 0.446. The van der Waals surface area contributed by atoms with E-state index in [-0.39, 0.29) is 5.78 Å². The Morgan fingerprint density at radius 1 is 1.31 bits per heavy atom. The van der Waals surface area contributed by atoms with Crippen molar-refractivity contribution in [2.75, 3.05) is 6.61 Å². The fraction of sp³-hybridized carbons (Fsp3) is 0.250.